The van der Waals surface area contributed by atoms with Crippen molar-refractivity contribution in [3.63, 3.8) is 0 Å². The summed E-state index contributed by atoms with van der Waals surface area (Å²) >= 11 is 0. The number of aliphatic hydroxyl groups excluding tert-OH is 1. The monoisotopic (exact) mass is 569 g/mol. The third-order valence-electron chi connectivity index (χ3n) is 8.79. The van der Waals surface area contributed by atoms with Gasteiger partial charge < -0.3 is 19.9 Å². The molecule has 1 aromatic heterocycles. The van der Waals surface area contributed by atoms with Crippen LogP contribution in [0.1, 0.15) is 74.4 Å². The molecule has 42 heavy (non-hydrogen) atoms. The lowest BCUT2D eigenvalue weighted by molar-refractivity contribution is -0.190. The molecule has 0 bridgehead atoms. The fourth-order valence-electron chi connectivity index (χ4n) is 6.43. The number of aromatic nitrogens is 1. The number of carbonyl (C=O) groups is 2. The molecule has 220 valence electrons. The lowest BCUT2D eigenvalue weighted by Gasteiger charge is -2.37. The summed E-state index contributed by atoms with van der Waals surface area (Å²) < 4.78 is 12.0. The van der Waals surface area contributed by atoms with Gasteiger partial charge in [-0.3, -0.25) is 19.5 Å². The molecule has 2 saturated heterocycles. The number of amides is 2. The van der Waals surface area contributed by atoms with Crippen LogP contribution in [0.2, 0.25) is 0 Å². The van der Waals surface area contributed by atoms with E-state index in [0.717, 1.165) is 29.5 Å². The van der Waals surface area contributed by atoms with Crippen LogP contribution in [0.25, 0.3) is 0 Å². The molecule has 2 aliphatic heterocycles. The van der Waals surface area contributed by atoms with Gasteiger partial charge >= 0.3 is 0 Å². The first kappa shape index (κ1) is 28.5. The number of nitrogens with zero attached hydrogens (tertiary/aromatic N) is 2. The number of pyridine rings is 1. The van der Waals surface area contributed by atoms with Gasteiger partial charge in [0.15, 0.2) is 6.29 Å². The standard InChI is InChI=1S/C34H39N3O5/c1-34(2,3)24-11-13-25(14-12-24)37(32(40)28-15-10-21-16-18-41-33(21)42-28)30(23-8-6-17-35-20-23)31(39)36-29-26-9-5-4-7-22(26)19-27(29)38/h4-9,11-14,17,20-21,27-30,33,38H,10,15-16,18-19H2,1-3H3,(H,36,39)/t21?,27-,28?,29+,30?,33?/m0/s1. The van der Waals surface area contributed by atoms with Crippen molar-refractivity contribution in [1.82, 2.24) is 10.3 Å². The van der Waals surface area contributed by atoms with E-state index in [-0.39, 0.29) is 17.2 Å². The molecule has 0 saturated carbocycles. The lowest BCUT2D eigenvalue weighted by atomic mass is 9.87. The van der Waals surface area contributed by atoms with Gasteiger partial charge in [-0.05, 0) is 59.6 Å². The van der Waals surface area contributed by atoms with Crippen molar-refractivity contribution < 1.29 is 24.2 Å². The van der Waals surface area contributed by atoms with Crippen LogP contribution in [0.4, 0.5) is 5.69 Å². The molecule has 3 aliphatic rings. The van der Waals surface area contributed by atoms with Crippen molar-refractivity contribution >= 4 is 17.5 Å². The number of rotatable bonds is 6. The summed E-state index contributed by atoms with van der Waals surface area (Å²) in [6, 6.07) is 17.5. The van der Waals surface area contributed by atoms with Crippen LogP contribution in [-0.4, -0.2) is 47.0 Å². The van der Waals surface area contributed by atoms with Gasteiger partial charge in [-0.2, -0.15) is 0 Å². The Morgan fingerprint density at radius 2 is 1.81 bits per heavy atom. The van der Waals surface area contributed by atoms with Crippen molar-refractivity contribution in [2.45, 2.75) is 82.5 Å². The molecule has 6 rings (SSSR count). The van der Waals surface area contributed by atoms with Crippen LogP contribution in [0.5, 0.6) is 0 Å². The first-order valence-corrected chi connectivity index (χ1v) is 14.9. The predicted molar refractivity (Wildman–Crippen MR) is 159 cm³/mol. The smallest absolute Gasteiger partial charge is 0.257 e. The third-order valence-corrected chi connectivity index (χ3v) is 8.79. The minimum Gasteiger partial charge on any atom is -0.390 e. The van der Waals surface area contributed by atoms with Gasteiger partial charge in [0.1, 0.15) is 12.1 Å². The summed E-state index contributed by atoms with van der Waals surface area (Å²) in [6.45, 7) is 7.03. The zero-order valence-corrected chi connectivity index (χ0v) is 24.4. The Labute approximate surface area is 247 Å². The van der Waals surface area contributed by atoms with E-state index in [4.69, 9.17) is 9.47 Å². The van der Waals surface area contributed by atoms with Gasteiger partial charge in [0, 0.05) is 36.0 Å². The van der Waals surface area contributed by atoms with E-state index < -0.39 is 36.5 Å². The minimum absolute atomic E-state index is 0.0825. The molecular formula is C34H39N3O5. The first-order chi connectivity index (χ1) is 20.2. The van der Waals surface area contributed by atoms with Crippen molar-refractivity contribution in [1.29, 1.82) is 0 Å². The van der Waals surface area contributed by atoms with Crippen LogP contribution in [0, 0.1) is 5.92 Å². The second-order valence-electron chi connectivity index (χ2n) is 12.6. The summed E-state index contributed by atoms with van der Waals surface area (Å²) in [5, 5.41) is 14.0. The van der Waals surface area contributed by atoms with Gasteiger partial charge in [-0.15, -0.1) is 0 Å². The molecule has 6 atom stereocenters. The predicted octanol–water partition coefficient (Wildman–Crippen LogP) is 4.77. The highest BCUT2D eigenvalue weighted by Gasteiger charge is 2.44. The number of nitrogens with one attached hydrogen (secondary N) is 1. The number of anilines is 1. The van der Waals surface area contributed by atoms with E-state index in [1.54, 1.807) is 29.4 Å². The molecule has 2 fully saturated rings. The Balaban J connectivity index is 1.39. The molecule has 1 aliphatic carbocycles. The van der Waals surface area contributed by atoms with Gasteiger partial charge in [0.05, 0.1) is 18.8 Å². The van der Waals surface area contributed by atoms with Crippen LogP contribution in [0.3, 0.4) is 0 Å². The Kier molecular flexibility index (Phi) is 7.87. The second kappa shape index (κ2) is 11.6. The van der Waals surface area contributed by atoms with E-state index in [9.17, 15) is 14.7 Å². The van der Waals surface area contributed by atoms with Crippen LogP contribution in [0.15, 0.2) is 73.1 Å². The van der Waals surface area contributed by atoms with Crippen molar-refractivity contribution in [3.8, 4) is 0 Å². The molecule has 2 amide bonds. The highest BCUT2D eigenvalue weighted by molar-refractivity contribution is 6.03. The number of aliphatic hydroxyl groups is 1. The number of hydrogen-bond acceptors (Lipinski definition) is 6. The van der Waals surface area contributed by atoms with Gasteiger partial charge in [0.25, 0.3) is 5.91 Å². The largest absolute Gasteiger partial charge is 0.390 e. The summed E-state index contributed by atoms with van der Waals surface area (Å²) in [4.78, 5) is 34.7. The van der Waals surface area contributed by atoms with Crippen molar-refractivity contribution in [2.75, 3.05) is 11.5 Å². The Morgan fingerprint density at radius 3 is 2.55 bits per heavy atom. The highest BCUT2D eigenvalue weighted by Crippen LogP contribution is 2.38. The van der Waals surface area contributed by atoms with E-state index >= 15 is 0 Å². The quantitative estimate of drug-likeness (QED) is 0.444. The Hall–Kier alpha value is -3.59. The van der Waals surface area contributed by atoms with Crippen molar-refractivity contribution in [3.05, 3.63) is 95.3 Å². The number of fused-ring (bicyclic) bond motifs is 2. The van der Waals surface area contributed by atoms with Crippen LogP contribution in [-0.2, 0) is 30.9 Å². The first-order valence-electron chi connectivity index (χ1n) is 14.9. The van der Waals surface area contributed by atoms with E-state index in [1.165, 1.54) is 0 Å². The summed E-state index contributed by atoms with van der Waals surface area (Å²) in [5.41, 5.74) is 4.07. The topological polar surface area (TPSA) is 101 Å². The number of ether oxygens (including phenoxy) is 2. The maximum atomic E-state index is 14.5. The number of benzene rings is 2. The van der Waals surface area contributed by atoms with Gasteiger partial charge in [-0.25, -0.2) is 0 Å². The van der Waals surface area contributed by atoms with Crippen LogP contribution < -0.4 is 10.2 Å². The highest BCUT2D eigenvalue weighted by atomic mass is 16.7. The zero-order valence-electron chi connectivity index (χ0n) is 24.4. The molecule has 3 heterocycles. The molecule has 8 heteroatoms. The minimum atomic E-state index is -1.04. The van der Waals surface area contributed by atoms with E-state index in [2.05, 4.69) is 31.1 Å². The fourth-order valence-corrected chi connectivity index (χ4v) is 6.43. The third kappa shape index (κ3) is 5.59. The van der Waals surface area contributed by atoms with Crippen molar-refractivity contribution in [2.24, 2.45) is 5.92 Å². The Morgan fingerprint density at radius 1 is 1.02 bits per heavy atom. The lowest BCUT2D eigenvalue weighted by Crippen LogP contribution is -2.51. The average molecular weight is 570 g/mol. The normalized spacial score (nSPS) is 25.8. The molecule has 2 N–H and O–H groups in total. The maximum absolute atomic E-state index is 14.5. The molecule has 0 spiro atoms. The molecule has 3 aromatic rings. The molecule has 4 unspecified atom stereocenters. The van der Waals surface area contributed by atoms with Crippen LogP contribution >= 0.6 is 0 Å². The average Bonchev–Trinajstić information content (AvgIpc) is 3.59. The summed E-state index contributed by atoms with van der Waals surface area (Å²) in [7, 11) is 0. The van der Waals surface area contributed by atoms with Gasteiger partial charge in [-0.1, -0.05) is 63.2 Å². The maximum Gasteiger partial charge on any atom is 0.257 e. The molecule has 2 aromatic carbocycles. The zero-order chi connectivity index (χ0) is 29.4. The molecular weight excluding hydrogens is 530 g/mol. The van der Waals surface area contributed by atoms with Gasteiger partial charge in [0.2, 0.25) is 5.91 Å². The molecule has 0 radical (unpaired) electrons. The summed E-state index contributed by atoms with van der Waals surface area (Å²) in [6.07, 6.45) is 4.08. The SMILES string of the molecule is CC(C)(C)c1ccc(N(C(=O)C2CCC3CCOC3O2)C(C(=O)N[C@@H]2c3ccccc3C[C@@H]2O)c2cccnc2)cc1. The molecule has 8 nitrogen and oxygen atoms in total. The van der Waals surface area contributed by atoms with E-state index in [1.807, 2.05) is 48.5 Å². The fraction of sp³-hybridized carbons (Fsp3) is 0.441. The Bertz CT molecular complexity index is 1420. The summed E-state index contributed by atoms with van der Waals surface area (Å²) in [5.74, 6) is -0.415. The van der Waals surface area contributed by atoms with E-state index in [0.29, 0.717) is 30.7 Å². The second-order valence-corrected chi connectivity index (χ2v) is 12.6. The number of carbonyl (C=O) groups excluding carboxylic acids is 2. The number of hydrogen-bond donors (Lipinski definition) is 2.